The molecule has 2 rings (SSSR count). The average molecular weight is 455 g/mol. The summed E-state index contributed by atoms with van der Waals surface area (Å²) in [5.74, 6) is 0.842. The van der Waals surface area contributed by atoms with Gasteiger partial charge in [0, 0.05) is 12.2 Å². The maximum atomic E-state index is 12.8. The summed E-state index contributed by atoms with van der Waals surface area (Å²) in [5, 5.41) is 8.95. The lowest BCUT2D eigenvalue weighted by Crippen LogP contribution is -2.35. The lowest BCUT2D eigenvalue weighted by Gasteiger charge is -2.22. The van der Waals surface area contributed by atoms with Crippen molar-refractivity contribution in [2.75, 3.05) is 38.4 Å². The van der Waals surface area contributed by atoms with Crippen molar-refractivity contribution in [3.05, 3.63) is 48.0 Å². The van der Waals surface area contributed by atoms with E-state index in [2.05, 4.69) is 0 Å². The van der Waals surface area contributed by atoms with Gasteiger partial charge in [-0.2, -0.15) is 5.26 Å². The molecule has 0 unspecified atom stereocenters. The quantitative estimate of drug-likeness (QED) is 0.443. The fourth-order valence-corrected chi connectivity index (χ4v) is 2.91. The maximum Gasteiger partial charge on any atom is 0.338 e. The van der Waals surface area contributed by atoms with E-state index in [1.165, 1.54) is 18.1 Å². The summed E-state index contributed by atoms with van der Waals surface area (Å²) >= 11 is 0. The number of hydrogen-bond acceptors (Lipinski definition) is 7. The molecule has 0 N–H and O–H groups in total. The minimum Gasteiger partial charge on any atom is -0.494 e. The van der Waals surface area contributed by atoms with Crippen LogP contribution in [0.3, 0.4) is 0 Å². The Balaban J connectivity index is 2.06. The van der Waals surface area contributed by atoms with E-state index in [1.54, 1.807) is 36.4 Å². The second-order valence-electron chi connectivity index (χ2n) is 7.53. The molecule has 8 heteroatoms. The smallest absolute Gasteiger partial charge is 0.338 e. The van der Waals surface area contributed by atoms with Crippen LogP contribution >= 0.6 is 0 Å². The first-order chi connectivity index (χ1) is 15.9. The third-order valence-corrected chi connectivity index (χ3v) is 4.51. The van der Waals surface area contributed by atoms with Crippen LogP contribution in [0, 0.1) is 17.2 Å². The number of benzene rings is 2. The van der Waals surface area contributed by atoms with Gasteiger partial charge in [0.2, 0.25) is 0 Å². The van der Waals surface area contributed by atoms with Crippen LogP contribution in [0.5, 0.6) is 17.2 Å². The Morgan fingerprint density at radius 3 is 2.39 bits per heavy atom. The standard InChI is InChI=1S/C25H30N2O6/c1-5-31-21-10-8-20(9-11-21)27(14-6-13-26)24(28)17-33-25(29)19-7-12-22(23(15-19)30-4)32-16-18(2)3/h7-12,15,18H,5-6,14,16-17H2,1-4H3. The van der Waals surface area contributed by atoms with Crippen LogP contribution in [0.1, 0.15) is 37.6 Å². The van der Waals surface area contributed by atoms with Crippen molar-refractivity contribution in [1.29, 1.82) is 5.26 Å². The van der Waals surface area contributed by atoms with E-state index in [-0.39, 0.29) is 18.5 Å². The van der Waals surface area contributed by atoms with Crippen molar-refractivity contribution >= 4 is 17.6 Å². The number of nitrogens with zero attached hydrogens (tertiary/aromatic N) is 2. The number of anilines is 1. The van der Waals surface area contributed by atoms with E-state index in [9.17, 15) is 9.59 Å². The number of ether oxygens (including phenoxy) is 4. The number of nitriles is 1. The molecule has 0 aliphatic rings. The first-order valence-corrected chi connectivity index (χ1v) is 10.8. The lowest BCUT2D eigenvalue weighted by atomic mass is 10.2. The van der Waals surface area contributed by atoms with Crippen molar-refractivity contribution in [1.82, 2.24) is 0 Å². The topological polar surface area (TPSA) is 98.1 Å². The van der Waals surface area contributed by atoms with Gasteiger partial charge in [-0.05, 0) is 55.3 Å². The van der Waals surface area contributed by atoms with Gasteiger partial charge in [-0.3, -0.25) is 4.79 Å². The van der Waals surface area contributed by atoms with Gasteiger partial charge < -0.3 is 23.8 Å². The van der Waals surface area contributed by atoms with E-state index < -0.39 is 18.5 Å². The van der Waals surface area contributed by atoms with Crippen LogP contribution in [-0.4, -0.2) is 45.4 Å². The number of rotatable bonds is 12. The monoisotopic (exact) mass is 454 g/mol. The van der Waals surface area contributed by atoms with Gasteiger partial charge in [0.15, 0.2) is 18.1 Å². The second-order valence-corrected chi connectivity index (χ2v) is 7.53. The number of carbonyl (C=O) groups excluding carboxylic acids is 2. The van der Waals surface area contributed by atoms with E-state index >= 15 is 0 Å². The van der Waals surface area contributed by atoms with Crippen molar-refractivity contribution < 1.29 is 28.5 Å². The maximum absolute atomic E-state index is 12.8. The van der Waals surface area contributed by atoms with E-state index in [4.69, 9.17) is 24.2 Å². The number of methoxy groups -OCH3 is 1. The molecule has 8 nitrogen and oxygen atoms in total. The van der Waals surface area contributed by atoms with Gasteiger partial charge in [-0.1, -0.05) is 13.8 Å². The normalized spacial score (nSPS) is 10.3. The van der Waals surface area contributed by atoms with Crippen molar-refractivity contribution in [3.63, 3.8) is 0 Å². The average Bonchev–Trinajstić information content (AvgIpc) is 2.82. The molecule has 0 heterocycles. The molecule has 0 bridgehead atoms. The van der Waals surface area contributed by atoms with Crippen molar-refractivity contribution in [3.8, 4) is 23.3 Å². The van der Waals surface area contributed by atoms with E-state index in [0.29, 0.717) is 42.1 Å². The minimum atomic E-state index is -0.663. The fraction of sp³-hybridized carbons (Fsp3) is 0.400. The highest BCUT2D eigenvalue weighted by Crippen LogP contribution is 2.29. The number of amides is 1. The molecule has 1 amide bonds. The molecular weight excluding hydrogens is 424 g/mol. The third kappa shape index (κ3) is 7.72. The van der Waals surface area contributed by atoms with Crippen molar-refractivity contribution in [2.24, 2.45) is 5.92 Å². The second kappa shape index (κ2) is 13.0. The molecular formula is C25H30N2O6. The van der Waals surface area contributed by atoms with E-state index in [1.807, 2.05) is 26.8 Å². The number of hydrogen-bond donors (Lipinski definition) is 0. The van der Waals surface area contributed by atoms with Crippen LogP contribution in [0.15, 0.2) is 42.5 Å². The minimum absolute atomic E-state index is 0.141. The van der Waals surface area contributed by atoms with Crippen LogP contribution in [-0.2, 0) is 9.53 Å². The molecule has 2 aromatic rings. The third-order valence-electron chi connectivity index (χ3n) is 4.51. The van der Waals surface area contributed by atoms with E-state index in [0.717, 1.165) is 0 Å². The Labute approximate surface area is 194 Å². The Morgan fingerprint density at radius 2 is 1.79 bits per heavy atom. The molecule has 0 atom stereocenters. The Kier molecular flexibility index (Phi) is 10.0. The zero-order chi connectivity index (χ0) is 24.2. The van der Waals surface area contributed by atoms with Gasteiger partial charge in [0.05, 0.1) is 38.4 Å². The molecule has 0 spiro atoms. The summed E-state index contributed by atoms with van der Waals surface area (Å²) in [6.07, 6.45) is 0.141. The van der Waals surface area contributed by atoms with Crippen LogP contribution in [0.25, 0.3) is 0 Å². The predicted molar refractivity (Wildman–Crippen MR) is 124 cm³/mol. The van der Waals surface area contributed by atoms with Crippen LogP contribution in [0.4, 0.5) is 5.69 Å². The molecule has 0 fully saturated rings. The SMILES string of the molecule is CCOc1ccc(N(CCC#N)C(=O)COC(=O)c2ccc(OCC(C)C)c(OC)c2)cc1. The highest BCUT2D eigenvalue weighted by Gasteiger charge is 2.19. The summed E-state index contributed by atoms with van der Waals surface area (Å²) in [5.41, 5.74) is 0.823. The van der Waals surface area contributed by atoms with Gasteiger partial charge in [-0.15, -0.1) is 0 Å². The molecule has 2 aromatic carbocycles. The molecule has 0 aliphatic heterocycles. The zero-order valence-corrected chi connectivity index (χ0v) is 19.5. The van der Waals surface area contributed by atoms with Gasteiger partial charge >= 0.3 is 5.97 Å². The summed E-state index contributed by atoms with van der Waals surface area (Å²) in [7, 11) is 1.49. The molecule has 0 radical (unpaired) electrons. The predicted octanol–water partition coefficient (Wildman–Crippen LogP) is 4.23. The molecule has 176 valence electrons. The van der Waals surface area contributed by atoms with Crippen LogP contribution in [0.2, 0.25) is 0 Å². The Hall–Kier alpha value is -3.73. The molecule has 0 saturated heterocycles. The molecule has 0 aromatic heterocycles. The van der Waals surface area contributed by atoms with Crippen LogP contribution < -0.4 is 19.1 Å². The lowest BCUT2D eigenvalue weighted by molar-refractivity contribution is -0.121. The first-order valence-electron chi connectivity index (χ1n) is 10.8. The summed E-state index contributed by atoms with van der Waals surface area (Å²) in [6, 6.07) is 13.7. The number of carbonyl (C=O) groups is 2. The largest absolute Gasteiger partial charge is 0.494 e. The van der Waals surface area contributed by atoms with Crippen molar-refractivity contribution in [2.45, 2.75) is 27.2 Å². The highest BCUT2D eigenvalue weighted by molar-refractivity contribution is 5.97. The Bertz CT molecular complexity index is 966. The summed E-state index contributed by atoms with van der Waals surface area (Å²) < 4.78 is 21.7. The highest BCUT2D eigenvalue weighted by atomic mass is 16.5. The Morgan fingerprint density at radius 1 is 1.06 bits per heavy atom. The van der Waals surface area contributed by atoms with Gasteiger partial charge in [0.25, 0.3) is 5.91 Å². The summed E-state index contributed by atoms with van der Waals surface area (Å²) in [6.45, 7) is 6.69. The number of esters is 1. The van der Waals surface area contributed by atoms with Gasteiger partial charge in [-0.25, -0.2) is 4.79 Å². The van der Waals surface area contributed by atoms with Gasteiger partial charge in [0.1, 0.15) is 5.75 Å². The molecule has 33 heavy (non-hydrogen) atoms. The first kappa shape index (κ1) is 25.5. The fourth-order valence-electron chi connectivity index (χ4n) is 2.91. The summed E-state index contributed by atoms with van der Waals surface area (Å²) in [4.78, 5) is 26.7. The molecule has 0 saturated carbocycles. The molecule has 0 aliphatic carbocycles. The zero-order valence-electron chi connectivity index (χ0n) is 19.5.